The Morgan fingerprint density at radius 3 is 2.41 bits per heavy atom. The van der Waals surface area contributed by atoms with Crippen LogP contribution in [0.25, 0.3) is 0 Å². The second kappa shape index (κ2) is 11.4. The van der Waals surface area contributed by atoms with Crippen molar-refractivity contribution in [2.45, 2.75) is 32.5 Å². The molecule has 2 heterocycles. The highest BCUT2D eigenvalue weighted by Gasteiger charge is 2.22. The van der Waals surface area contributed by atoms with Crippen molar-refractivity contribution in [1.29, 1.82) is 0 Å². The van der Waals surface area contributed by atoms with Crippen molar-refractivity contribution in [3.63, 3.8) is 0 Å². The van der Waals surface area contributed by atoms with Crippen LogP contribution in [0.1, 0.15) is 50.5 Å². The zero-order valence-corrected chi connectivity index (χ0v) is 19.0. The van der Waals surface area contributed by atoms with E-state index in [1.54, 1.807) is 23.0 Å². The number of ether oxygens (including phenoxy) is 1. The van der Waals surface area contributed by atoms with Gasteiger partial charge in [0.05, 0.1) is 12.6 Å². The van der Waals surface area contributed by atoms with Gasteiger partial charge in [0, 0.05) is 37.5 Å². The number of carbonyl (C=O) groups excluding carboxylic acids is 2. The summed E-state index contributed by atoms with van der Waals surface area (Å²) in [4.78, 5) is 39.9. The smallest absolute Gasteiger partial charge is 0.257 e. The van der Waals surface area contributed by atoms with Crippen molar-refractivity contribution in [3.8, 4) is 0 Å². The molecule has 32 heavy (non-hydrogen) atoms. The van der Waals surface area contributed by atoms with Crippen LogP contribution in [0, 0.1) is 0 Å². The van der Waals surface area contributed by atoms with Gasteiger partial charge in [-0.25, -0.2) is 0 Å². The normalized spacial score (nSPS) is 11.7. The fourth-order valence-corrected chi connectivity index (χ4v) is 4.12. The first-order valence-corrected chi connectivity index (χ1v) is 11.3. The topological polar surface area (TPSA) is 89.4 Å². The molecule has 2 N–H and O–H groups in total. The lowest BCUT2D eigenvalue weighted by atomic mass is 10.1. The predicted octanol–water partition coefficient (Wildman–Crippen LogP) is 3.37. The minimum atomic E-state index is -0.595. The summed E-state index contributed by atoms with van der Waals surface area (Å²) in [5, 5.41) is 7.64. The van der Waals surface area contributed by atoms with E-state index in [2.05, 4.69) is 10.6 Å². The number of pyridine rings is 1. The fourth-order valence-electron chi connectivity index (χ4n) is 3.25. The Hall–Kier alpha value is -3.23. The summed E-state index contributed by atoms with van der Waals surface area (Å²) in [6, 6.07) is 13.1. The van der Waals surface area contributed by atoms with Crippen LogP contribution in [0.5, 0.6) is 0 Å². The number of amides is 2. The second-order valence-corrected chi connectivity index (χ2v) is 8.24. The molecule has 3 aromatic rings. The molecule has 2 amide bonds. The molecule has 3 rings (SSSR count). The SMILES string of the molecule is CC[C@H](NC(=O)c1cn(CCOC)cc(C(=O)NCc2ccccc2)c1=O)c1cccs1. The molecule has 0 fully saturated rings. The number of hydrogen-bond acceptors (Lipinski definition) is 5. The maximum Gasteiger partial charge on any atom is 0.257 e. The third-order valence-electron chi connectivity index (χ3n) is 5.02. The van der Waals surface area contributed by atoms with Gasteiger partial charge in [0.25, 0.3) is 11.8 Å². The fraction of sp³-hybridized carbons (Fsp3) is 0.292. The summed E-state index contributed by atoms with van der Waals surface area (Å²) in [6.07, 6.45) is 3.63. The highest BCUT2D eigenvalue weighted by Crippen LogP contribution is 2.22. The van der Waals surface area contributed by atoms with Gasteiger partial charge in [-0.15, -0.1) is 11.3 Å². The molecule has 1 aromatic carbocycles. The largest absolute Gasteiger partial charge is 0.383 e. The van der Waals surface area contributed by atoms with E-state index in [9.17, 15) is 14.4 Å². The Kier molecular flexibility index (Phi) is 8.35. The maximum absolute atomic E-state index is 13.1. The number of benzene rings is 1. The van der Waals surface area contributed by atoms with Crippen molar-refractivity contribution in [1.82, 2.24) is 15.2 Å². The summed E-state index contributed by atoms with van der Waals surface area (Å²) >= 11 is 1.55. The number of methoxy groups -OCH3 is 1. The number of rotatable bonds is 10. The first-order valence-electron chi connectivity index (χ1n) is 10.4. The van der Waals surface area contributed by atoms with E-state index in [0.717, 1.165) is 10.4 Å². The van der Waals surface area contributed by atoms with Crippen LogP contribution < -0.4 is 16.1 Å². The summed E-state index contributed by atoms with van der Waals surface area (Å²) in [5.41, 5.74) is 0.177. The van der Waals surface area contributed by atoms with Crippen molar-refractivity contribution in [2.75, 3.05) is 13.7 Å². The zero-order valence-electron chi connectivity index (χ0n) is 18.2. The summed E-state index contributed by atoms with van der Waals surface area (Å²) in [7, 11) is 1.57. The van der Waals surface area contributed by atoms with E-state index >= 15 is 0 Å². The van der Waals surface area contributed by atoms with Gasteiger partial charge in [-0.3, -0.25) is 14.4 Å². The molecule has 0 saturated heterocycles. The summed E-state index contributed by atoms with van der Waals surface area (Å²) < 4.78 is 6.76. The number of carbonyl (C=O) groups is 2. The van der Waals surface area contributed by atoms with Gasteiger partial charge in [0.2, 0.25) is 5.43 Å². The van der Waals surface area contributed by atoms with Gasteiger partial charge in [0.15, 0.2) is 0 Å². The molecule has 7 nitrogen and oxygen atoms in total. The van der Waals surface area contributed by atoms with E-state index in [0.29, 0.717) is 19.6 Å². The molecule has 1 atom stereocenters. The van der Waals surface area contributed by atoms with E-state index in [-0.39, 0.29) is 23.7 Å². The first-order chi connectivity index (χ1) is 15.5. The average molecular weight is 454 g/mol. The predicted molar refractivity (Wildman–Crippen MR) is 125 cm³/mol. The summed E-state index contributed by atoms with van der Waals surface area (Å²) in [5.74, 6) is -1.02. The van der Waals surface area contributed by atoms with Crippen LogP contribution in [0.2, 0.25) is 0 Å². The van der Waals surface area contributed by atoms with Crippen molar-refractivity contribution >= 4 is 23.2 Å². The Morgan fingerprint density at radius 2 is 1.78 bits per heavy atom. The number of nitrogens with one attached hydrogen (secondary N) is 2. The molecule has 8 heteroatoms. The highest BCUT2D eigenvalue weighted by molar-refractivity contribution is 7.10. The van der Waals surface area contributed by atoms with E-state index in [4.69, 9.17) is 4.74 Å². The average Bonchev–Trinajstić information content (AvgIpc) is 3.35. The molecule has 0 spiro atoms. The van der Waals surface area contributed by atoms with E-state index in [1.165, 1.54) is 12.4 Å². The molecule has 2 aromatic heterocycles. The van der Waals surface area contributed by atoms with Gasteiger partial charge in [-0.05, 0) is 23.4 Å². The third-order valence-corrected chi connectivity index (χ3v) is 6.00. The lowest BCUT2D eigenvalue weighted by Gasteiger charge is -2.17. The summed E-state index contributed by atoms with van der Waals surface area (Å²) in [6.45, 7) is 3.03. The molecule has 0 unspecified atom stereocenters. The van der Waals surface area contributed by atoms with Gasteiger partial charge in [-0.2, -0.15) is 0 Å². The monoisotopic (exact) mass is 453 g/mol. The molecule has 0 aliphatic carbocycles. The van der Waals surface area contributed by atoms with Crippen LogP contribution in [0.3, 0.4) is 0 Å². The Morgan fingerprint density at radius 1 is 1.06 bits per heavy atom. The van der Waals surface area contributed by atoms with Crippen molar-refractivity contribution < 1.29 is 14.3 Å². The molecular formula is C24H27N3O4S. The van der Waals surface area contributed by atoms with Gasteiger partial charge >= 0.3 is 0 Å². The van der Waals surface area contributed by atoms with Crippen LogP contribution in [-0.4, -0.2) is 30.1 Å². The molecule has 168 valence electrons. The number of aromatic nitrogens is 1. The minimum Gasteiger partial charge on any atom is -0.383 e. The van der Waals surface area contributed by atoms with Crippen molar-refractivity contribution in [2.24, 2.45) is 0 Å². The van der Waals surface area contributed by atoms with E-state index in [1.807, 2.05) is 54.8 Å². The van der Waals surface area contributed by atoms with Gasteiger partial charge in [-0.1, -0.05) is 43.3 Å². The standard InChI is InChI=1S/C24H27N3O4S/c1-3-20(21-10-7-13-32-21)26-24(30)19-16-27(11-12-31-2)15-18(22(19)28)23(29)25-14-17-8-5-4-6-9-17/h4-10,13,15-16,20H,3,11-12,14H2,1-2H3,(H,25,29)(H,26,30)/t20-/m0/s1. The van der Waals surface area contributed by atoms with Crippen LogP contribution in [0.4, 0.5) is 0 Å². The van der Waals surface area contributed by atoms with Gasteiger partial charge in [0.1, 0.15) is 11.1 Å². The molecule has 0 saturated carbocycles. The quantitative estimate of drug-likeness (QED) is 0.493. The molecule has 0 aliphatic heterocycles. The third kappa shape index (κ3) is 5.93. The first kappa shape index (κ1) is 23.4. The maximum atomic E-state index is 13.1. The highest BCUT2D eigenvalue weighted by atomic mass is 32.1. The van der Waals surface area contributed by atoms with E-state index < -0.39 is 17.2 Å². The molecular weight excluding hydrogens is 426 g/mol. The zero-order chi connectivity index (χ0) is 22.9. The molecule has 0 aliphatic rings. The molecule has 0 radical (unpaired) electrons. The van der Waals surface area contributed by atoms with Crippen LogP contribution in [0.15, 0.2) is 65.0 Å². The second-order valence-electron chi connectivity index (χ2n) is 7.26. The Labute approximate surface area is 191 Å². The minimum absolute atomic E-state index is 0.0662. The number of hydrogen-bond donors (Lipinski definition) is 2. The number of nitrogens with zero attached hydrogens (tertiary/aromatic N) is 1. The molecule has 0 bridgehead atoms. The Bertz CT molecular complexity index is 1090. The van der Waals surface area contributed by atoms with Crippen LogP contribution in [-0.2, 0) is 17.8 Å². The number of thiophene rings is 1. The Balaban J connectivity index is 1.86. The van der Waals surface area contributed by atoms with Crippen molar-refractivity contribution in [3.05, 3.63) is 92.0 Å². The lowest BCUT2D eigenvalue weighted by Crippen LogP contribution is -2.36. The van der Waals surface area contributed by atoms with Crippen LogP contribution >= 0.6 is 11.3 Å². The van der Waals surface area contributed by atoms with Gasteiger partial charge < -0.3 is 19.9 Å². The lowest BCUT2D eigenvalue weighted by molar-refractivity contribution is 0.0933.